The van der Waals surface area contributed by atoms with Gasteiger partial charge in [0.25, 0.3) is 0 Å². The number of hydrogen-bond acceptors (Lipinski definition) is 2. The molecule has 0 aliphatic heterocycles. The molecule has 0 saturated carbocycles. The van der Waals surface area contributed by atoms with Crippen molar-refractivity contribution in [3.8, 4) is 0 Å². The number of nitrogens with one attached hydrogen (secondary N) is 2. The van der Waals surface area contributed by atoms with Gasteiger partial charge in [-0.25, -0.2) is 4.79 Å². The van der Waals surface area contributed by atoms with E-state index >= 15 is 0 Å². The van der Waals surface area contributed by atoms with Crippen LogP contribution >= 0.6 is 11.6 Å². The fourth-order valence-electron chi connectivity index (χ4n) is 2.54. The highest BCUT2D eigenvalue weighted by molar-refractivity contribution is 6.30. The Bertz CT molecular complexity index is 540. The second kappa shape index (κ2) is 7.16. The first-order chi connectivity index (χ1) is 10.4. The third-order valence-corrected chi connectivity index (χ3v) is 4.29. The van der Waals surface area contributed by atoms with E-state index in [1.165, 1.54) is 0 Å². The summed E-state index contributed by atoms with van der Waals surface area (Å²) in [5.41, 5.74) is 0.944. The molecule has 5 heteroatoms. The smallest absolute Gasteiger partial charge is 0.315 e. The van der Waals surface area contributed by atoms with Crippen LogP contribution in [0.1, 0.15) is 25.8 Å². The molecule has 0 bridgehead atoms. The van der Waals surface area contributed by atoms with Gasteiger partial charge in [-0.05, 0) is 24.1 Å². The predicted octanol–water partition coefficient (Wildman–Crippen LogP) is 2.85. The zero-order chi connectivity index (χ0) is 16.2. The Labute approximate surface area is 136 Å². The highest BCUT2D eigenvalue weighted by Gasteiger charge is 2.23. The Balaban J connectivity index is 1.82. The van der Waals surface area contributed by atoms with E-state index in [9.17, 15) is 4.79 Å². The second-order valence-corrected chi connectivity index (χ2v) is 6.82. The summed E-state index contributed by atoms with van der Waals surface area (Å²) in [4.78, 5) is 12.0. The second-order valence-electron chi connectivity index (χ2n) is 6.39. The molecular weight excluding hydrogens is 300 g/mol. The van der Waals surface area contributed by atoms with Crippen LogP contribution in [0, 0.1) is 5.92 Å². The topological polar surface area (TPSA) is 61.4 Å². The molecule has 0 heterocycles. The highest BCUT2D eigenvalue weighted by atomic mass is 35.5. The number of aliphatic hydroxyl groups excluding tert-OH is 1. The monoisotopic (exact) mass is 322 g/mol. The summed E-state index contributed by atoms with van der Waals surface area (Å²) in [7, 11) is 0. The van der Waals surface area contributed by atoms with E-state index in [0.717, 1.165) is 12.0 Å². The lowest BCUT2D eigenvalue weighted by Crippen LogP contribution is -2.45. The van der Waals surface area contributed by atoms with Crippen LogP contribution in [0.3, 0.4) is 0 Å². The van der Waals surface area contributed by atoms with Gasteiger partial charge in [0.05, 0.1) is 0 Å². The molecule has 0 aromatic heterocycles. The fraction of sp³-hybridized carbons (Fsp3) is 0.471. The number of carbonyl (C=O) groups excluding carboxylic acids is 1. The van der Waals surface area contributed by atoms with Crippen molar-refractivity contribution < 1.29 is 9.90 Å². The van der Waals surface area contributed by atoms with E-state index in [0.29, 0.717) is 11.6 Å². The molecule has 4 nitrogen and oxygen atoms in total. The Morgan fingerprint density at radius 1 is 1.32 bits per heavy atom. The molecule has 0 fully saturated rings. The van der Waals surface area contributed by atoms with Crippen molar-refractivity contribution in [1.82, 2.24) is 10.6 Å². The molecule has 1 aromatic rings. The number of amides is 2. The van der Waals surface area contributed by atoms with Crippen LogP contribution < -0.4 is 10.6 Å². The molecule has 2 atom stereocenters. The maximum atomic E-state index is 12.0. The van der Waals surface area contributed by atoms with E-state index in [2.05, 4.69) is 24.5 Å². The maximum absolute atomic E-state index is 12.0. The number of urea groups is 1. The SMILES string of the molecule is CC(C)(CNC(=O)N[C@@H]1C=C[C@H](CO)C1)c1ccc(Cl)cc1. The minimum Gasteiger partial charge on any atom is -0.396 e. The van der Waals surface area contributed by atoms with Gasteiger partial charge >= 0.3 is 6.03 Å². The molecule has 1 aromatic carbocycles. The van der Waals surface area contributed by atoms with Crippen LogP contribution in [0.4, 0.5) is 4.79 Å². The number of aliphatic hydroxyl groups is 1. The van der Waals surface area contributed by atoms with Gasteiger partial charge in [0.2, 0.25) is 0 Å². The average molecular weight is 323 g/mol. The van der Waals surface area contributed by atoms with Crippen LogP contribution in [0.5, 0.6) is 0 Å². The van der Waals surface area contributed by atoms with Crippen molar-refractivity contribution in [3.63, 3.8) is 0 Å². The molecule has 1 aliphatic rings. The van der Waals surface area contributed by atoms with Gasteiger partial charge in [0.1, 0.15) is 0 Å². The zero-order valence-corrected chi connectivity index (χ0v) is 13.7. The molecule has 0 saturated heterocycles. The lowest BCUT2D eigenvalue weighted by molar-refractivity contribution is 0.229. The molecular formula is C17H23ClN2O2. The summed E-state index contributed by atoms with van der Waals surface area (Å²) in [6.07, 6.45) is 4.64. The van der Waals surface area contributed by atoms with Crippen LogP contribution in [0.2, 0.25) is 5.02 Å². The van der Waals surface area contributed by atoms with E-state index in [1.807, 2.05) is 36.4 Å². The minimum atomic E-state index is -0.185. The number of hydrogen-bond donors (Lipinski definition) is 3. The minimum absolute atomic E-state index is 0.00389. The van der Waals surface area contributed by atoms with Gasteiger partial charge in [-0.15, -0.1) is 0 Å². The number of rotatable bonds is 5. The quantitative estimate of drug-likeness (QED) is 0.730. The van der Waals surface area contributed by atoms with Crippen molar-refractivity contribution in [3.05, 3.63) is 47.0 Å². The lowest BCUT2D eigenvalue weighted by atomic mass is 9.85. The normalized spacial score (nSPS) is 20.9. The standard InChI is InChI=1S/C17H23ClN2O2/c1-17(2,13-4-6-14(18)7-5-13)11-19-16(22)20-15-8-3-12(9-15)10-21/h3-8,12,15,21H,9-11H2,1-2H3,(H2,19,20,22)/t12-,15+/m0/s1. The summed E-state index contributed by atoms with van der Waals surface area (Å²) < 4.78 is 0. The van der Waals surface area contributed by atoms with E-state index in [4.69, 9.17) is 16.7 Å². The largest absolute Gasteiger partial charge is 0.396 e. The summed E-state index contributed by atoms with van der Waals surface area (Å²) >= 11 is 5.90. The highest BCUT2D eigenvalue weighted by Crippen LogP contribution is 2.24. The van der Waals surface area contributed by atoms with E-state index < -0.39 is 0 Å². The molecule has 3 N–H and O–H groups in total. The van der Waals surface area contributed by atoms with Crippen molar-refractivity contribution >= 4 is 17.6 Å². The van der Waals surface area contributed by atoms with Crippen molar-refractivity contribution in [2.45, 2.75) is 31.7 Å². The molecule has 0 spiro atoms. The molecule has 120 valence electrons. The van der Waals surface area contributed by atoms with Crippen molar-refractivity contribution in [2.75, 3.05) is 13.2 Å². The fourth-order valence-corrected chi connectivity index (χ4v) is 2.67. The molecule has 2 amide bonds. The van der Waals surface area contributed by atoms with E-state index in [-0.39, 0.29) is 30.0 Å². The van der Waals surface area contributed by atoms with Gasteiger partial charge in [0.15, 0.2) is 0 Å². The van der Waals surface area contributed by atoms with E-state index in [1.54, 1.807) is 0 Å². The van der Waals surface area contributed by atoms with Crippen molar-refractivity contribution in [2.24, 2.45) is 5.92 Å². The van der Waals surface area contributed by atoms with Crippen LogP contribution in [-0.2, 0) is 5.41 Å². The van der Waals surface area contributed by atoms with Gasteiger partial charge in [-0.1, -0.05) is 49.7 Å². The number of halogens is 1. The van der Waals surface area contributed by atoms with Gasteiger partial charge < -0.3 is 15.7 Å². The van der Waals surface area contributed by atoms with Gasteiger partial charge in [0, 0.05) is 35.5 Å². The lowest BCUT2D eigenvalue weighted by Gasteiger charge is -2.26. The first kappa shape index (κ1) is 16.8. The average Bonchev–Trinajstić information content (AvgIpc) is 2.93. The Morgan fingerprint density at radius 3 is 2.59 bits per heavy atom. The first-order valence-electron chi connectivity index (χ1n) is 7.50. The third-order valence-electron chi connectivity index (χ3n) is 4.04. The third kappa shape index (κ3) is 4.49. The summed E-state index contributed by atoms with van der Waals surface area (Å²) in [5, 5.41) is 15.6. The summed E-state index contributed by atoms with van der Waals surface area (Å²) in [6.45, 7) is 4.81. The molecule has 22 heavy (non-hydrogen) atoms. The predicted molar refractivity (Wildman–Crippen MR) is 89.1 cm³/mol. The zero-order valence-electron chi connectivity index (χ0n) is 13.0. The number of benzene rings is 1. The Hall–Kier alpha value is -1.52. The molecule has 2 rings (SSSR count). The Kier molecular flexibility index (Phi) is 5.48. The Morgan fingerprint density at radius 2 is 2.00 bits per heavy atom. The molecule has 1 aliphatic carbocycles. The summed E-state index contributed by atoms with van der Waals surface area (Å²) in [6, 6.07) is 7.49. The van der Waals surface area contributed by atoms with Crippen molar-refractivity contribution in [1.29, 1.82) is 0 Å². The van der Waals surface area contributed by atoms with Gasteiger partial charge in [-0.2, -0.15) is 0 Å². The van der Waals surface area contributed by atoms with Crippen LogP contribution in [0.15, 0.2) is 36.4 Å². The van der Waals surface area contributed by atoms with Crippen LogP contribution in [0.25, 0.3) is 0 Å². The molecule has 0 radical (unpaired) electrons. The maximum Gasteiger partial charge on any atom is 0.315 e. The summed E-state index contributed by atoms with van der Waals surface area (Å²) in [5.74, 6) is 0.149. The van der Waals surface area contributed by atoms with Crippen LogP contribution in [-0.4, -0.2) is 30.3 Å². The molecule has 0 unspecified atom stereocenters. The number of carbonyl (C=O) groups is 1. The van der Waals surface area contributed by atoms with Gasteiger partial charge in [-0.3, -0.25) is 0 Å². The first-order valence-corrected chi connectivity index (χ1v) is 7.88.